The van der Waals surface area contributed by atoms with Crippen LogP contribution in [0, 0.1) is 0 Å². The number of hydrogen-bond donors (Lipinski definition) is 1. The molecule has 0 bridgehead atoms. The minimum atomic E-state index is -0.164. The zero-order valence-corrected chi connectivity index (χ0v) is 12.3. The topological polar surface area (TPSA) is 68.0 Å². The SMILES string of the molecule is CC(C)c1nc(CNC(=O)c2ccc(Br)cc2)no1. The predicted molar refractivity (Wildman–Crippen MR) is 73.7 cm³/mol. The molecule has 5 nitrogen and oxygen atoms in total. The number of aromatic nitrogens is 2. The number of carbonyl (C=O) groups excluding carboxylic acids is 1. The summed E-state index contributed by atoms with van der Waals surface area (Å²) in [4.78, 5) is 16.0. The summed E-state index contributed by atoms with van der Waals surface area (Å²) in [6.07, 6.45) is 0. The fourth-order valence-electron chi connectivity index (χ4n) is 1.44. The lowest BCUT2D eigenvalue weighted by Crippen LogP contribution is -2.23. The Morgan fingerprint density at radius 2 is 2.05 bits per heavy atom. The Hall–Kier alpha value is -1.69. The molecule has 1 aromatic heterocycles. The van der Waals surface area contributed by atoms with Crippen molar-refractivity contribution in [3.05, 3.63) is 46.0 Å². The van der Waals surface area contributed by atoms with Crippen LogP contribution in [0.3, 0.4) is 0 Å². The van der Waals surface area contributed by atoms with Crippen molar-refractivity contribution in [1.82, 2.24) is 15.5 Å². The first-order chi connectivity index (χ1) is 9.06. The maximum absolute atomic E-state index is 11.9. The highest BCUT2D eigenvalue weighted by molar-refractivity contribution is 9.10. The van der Waals surface area contributed by atoms with Crippen LogP contribution in [0.2, 0.25) is 0 Å². The Morgan fingerprint density at radius 3 is 2.63 bits per heavy atom. The molecule has 0 aliphatic heterocycles. The number of hydrogen-bond acceptors (Lipinski definition) is 4. The molecule has 0 radical (unpaired) electrons. The van der Waals surface area contributed by atoms with Gasteiger partial charge in [-0.15, -0.1) is 0 Å². The fourth-order valence-corrected chi connectivity index (χ4v) is 1.70. The normalized spacial score (nSPS) is 10.7. The molecule has 19 heavy (non-hydrogen) atoms. The van der Waals surface area contributed by atoms with Crippen molar-refractivity contribution in [3.8, 4) is 0 Å². The van der Waals surface area contributed by atoms with Crippen LogP contribution in [0.25, 0.3) is 0 Å². The van der Waals surface area contributed by atoms with Crippen molar-refractivity contribution in [2.24, 2.45) is 0 Å². The predicted octanol–water partition coefficient (Wildman–Crippen LogP) is 2.89. The van der Waals surface area contributed by atoms with Crippen LogP contribution in [0.1, 0.15) is 41.8 Å². The molecule has 0 atom stereocenters. The quantitative estimate of drug-likeness (QED) is 0.939. The van der Waals surface area contributed by atoms with E-state index < -0.39 is 0 Å². The van der Waals surface area contributed by atoms with Gasteiger partial charge in [0.25, 0.3) is 5.91 Å². The summed E-state index contributed by atoms with van der Waals surface area (Å²) in [5, 5.41) is 6.56. The summed E-state index contributed by atoms with van der Waals surface area (Å²) in [5.41, 5.74) is 0.593. The van der Waals surface area contributed by atoms with Gasteiger partial charge in [-0.1, -0.05) is 34.9 Å². The number of amides is 1. The molecule has 1 N–H and O–H groups in total. The second-order valence-corrected chi connectivity index (χ2v) is 5.31. The van der Waals surface area contributed by atoms with Gasteiger partial charge < -0.3 is 9.84 Å². The lowest BCUT2D eigenvalue weighted by atomic mass is 10.2. The first kappa shape index (κ1) is 13.7. The number of nitrogens with zero attached hydrogens (tertiary/aromatic N) is 2. The van der Waals surface area contributed by atoms with Gasteiger partial charge >= 0.3 is 0 Å². The molecule has 0 saturated carbocycles. The van der Waals surface area contributed by atoms with Crippen molar-refractivity contribution in [2.75, 3.05) is 0 Å². The number of halogens is 1. The largest absolute Gasteiger partial charge is 0.345 e. The van der Waals surface area contributed by atoms with E-state index in [2.05, 4.69) is 31.4 Å². The zero-order chi connectivity index (χ0) is 13.8. The Balaban J connectivity index is 1.94. The van der Waals surface area contributed by atoms with Crippen molar-refractivity contribution in [3.63, 3.8) is 0 Å². The third-order valence-electron chi connectivity index (χ3n) is 2.49. The monoisotopic (exact) mass is 323 g/mol. The summed E-state index contributed by atoms with van der Waals surface area (Å²) >= 11 is 3.32. The van der Waals surface area contributed by atoms with Crippen LogP contribution in [0.15, 0.2) is 33.3 Å². The number of rotatable bonds is 4. The van der Waals surface area contributed by atoms with Crippen molar-refractivity contribution >= 4 is 21.8 Å². The van der Waals surface area contributed by atoms with Crippen LogP contribution in [0.5, 0.6) is 0 Å². The smallest absolute Gasteiger partial charge is 0.251 e. The van der Waals surface area contributed by atoms with Crippen LogP contribution in [0.4, 0.5) is 0 Å². The Bertz CT molecular complexity index is 564. The Labute approximate surface area is 119 Å². The molecule has 1 heterocycles. The van der Waals surface area contributed by atoms with E-state index in [1.165, 1.54) is 0 Å². The molecule has 100 valence electrons. The van der Waals surface area contributed by atoms with Crippen molar-refractivity contribution in [2.45, 2.75) is 26.3 Å². The van der Waals surface area contributed by atoms with Crippen LogP contribution >= 0.6 is 15.9 Å². The third-order valence-corrected chi connectivity index (χ3v) is 3.02. The van der Waals surface area contributed by atoms with E-state index in [1.807, 2.05) is 26.0 Å². The van der Waals surface area contributed by atoms with Gasteiger partial charge in [0, 0.05) is 16.0 Å². The number of benzene rings is 1. The molecule has 1 aromatic carbocycles. The summed E-state index contributed by atoms with van der Waals surface area (Å²) in [5.74, 6) is 1.08. The van der Waals surface area contributed by atoms with Gasteiger partial charge in [-0.25, -0.2) is 0 Å². The lowest BCUT2D eigenvalue weighted by molar-refractivity contribution is 0.0949. The summed E-state index contributed by atoms with van der Waals surface area (Å²) in [7, 11) is 0. The summed E-state index contributed by atoms with van der Waals surface area (Å²) < 4.78 is 6.00. The van der Waals surface area contributed by atoms with E-state index in [0.29, 0.717) is 17.3 Å². The molecule has 0 aliphatic rings. The average molecular weight is 324 g/mol. The first-order valence-corrected chi connectivity index (χ1v) is 6.72. The second kappa shape index (κ2) is 5.97. The highest BCUT2D eigenvalue weighted by Crippen LogP contribution is 2.12. The number of carbonyl (C=O) groups is 1. The highest BCUT2D eigenvalue weighted by atomic mass is 79.9. The van der Waals surface area contributed by atoms with E-state index >= 15 is 0 Å². The first-order valence-electron chi connectivity index (χ1n) is 5.92. The zero-order valence-electron chi connectivity index (χ0n) is 10.7. The van der Waals surface area contributed by atoms with E-state index in [0.717, 1.165) is 4.47 Å². The molecule has 2 rings (SSSR count). The molecule has 1 amide bonds. The van der Waals surface area contributed by atoms with Crippen LogP contribution < -0.4 is 5.32 Å². The summed E-state index contributed by atoms with van der Waals surface area (Å²) in [6.45, 7) is 4.19. The maximum Gasteiger partial charge on any atom is 0.251 e. The number of nitrogens with one attached hydrogen (secondary N) is 1. The third kappa shape index (κ3) is 3.64. The van der Waals surface area contributed by atoms with Gasteiger partial charge in [-0.2, -0.15) is 4.98 Å². The van der Waals surface area contributed by atoms with Crippen molar-refractivity contribution in [1.29, 1.82) is 0 Å². The molecule has 6 heteroatoms. The highest BCUT2D eigenvalue weighted by Gasteiger charge is 2.11. The van der Waals surface area contributed by atoms with Gasteiger partial charge in [0.1, 0.15) is 0 Å². The van der Waals surface area contributed by atoms with Gasteiger partial charge in [0.2, 0.25) is 5.89 Å². The minimum absolute atomic E-state index is 0.164. The lowest BCUT2D eigenvalue weighted by Gasteiger charge is -2.02. The fraction of sp³-hybridized carbons (Fsp3) is 0.308. The molecule has 2 aromatic rings. The molecule has 0 unspecified atom stereocenters. The van der Waals surface area contributed by atoms with Crippen LogP contribution in [-0.4, -0.2) is 16.0 Å². The van der Waals surface area contributed by atoms with Gasteiger partial charge in [-0.3, -0.25) is 4.79 Å². The van der Waals surface area contributed by atoms with E-state index in [1.54, 1.807) is 12.1 Å². The Morgan fingerprint density at radius 1 is 1.37 bits per heavy atom. The second-order valence-electron chi connectivity index (χ2n) is 4.39. The average Bonchev–Trinajstić information content (AvgIpc) is 2.86. The van der Waals surface area contributed by atoms with Crippen LogP contribution in [-0.2, 0) is 6.54 Å². The molecule has 0 saturated heterocycles. The maximum atomic E-state index is 11.9. The molecular weight excluding hydrogens is 310 g/mol. The molecular formula is C13H14BrN3O2. The van der Waals surface area contributed by atoms with E-state index in [4.69, 9.17) is 4.52 Å². The Kier molecular flexibility index (Phi) is 4.31. The van der Waals surface area contributed by atoms with E-state index in [9.17, 15) is 4.79 Å². The molecule has 0 aliphatic carbocycles. The molecule has 0 fully saturated rings. The van der Waals surface area contributed by atoms with Gasteiger partial charge in [0.15, 0.2) is 5.82 Å². The van der Waals surface area contributed by atoms with Gasteiger partial charge in [0.05, 0.1) is 6.54 Å². The van der Waals surface area contributed by atoms with E-state index in [-0.39, 0.29) is 18.4 Å². The summed E-state index contributed by atoms with van der Waals surface area (Å²) in [6, 6.07) is 7.13. The standard InChI is InChI=1S/C13H14BrN3O2/c1-8(2)13-16-11(17-19-13)7-15-12(18)9-3-5-10(14)6-4-9/h3-6,8H,7H2,1-2H3,(H,15,18). The molecule has 0 spiro atoms. The van der Waals surface area contributed by atoms with Crippen molar-refractivity contribution < 1.29 is 9.32 Å². The van der Waals surface area contributed by atoms with Gasteiger partial charge in [-0.05, 0) is 24.3 Å². The minimum Gasteiger partial charge on any atom is -0.345 e.